The van der Waals surface area contributed by atoms with Gasteiger partial charge in [-0.15, -0.1) is 11.6 Å². The Morgan fingerprint density at radius 2 is 2.06 bits per heavy atom. The van der Waals surface area contributed by atoms with Gasteiger partial charge in [-0.1, -0.05) is 18.0 Å². The second-order valence-electron chi connectivity index (χ2n) is 4.97. The molecule has 1 aromatic rings. The van der Waals surface area contributed by atoms with Gasteiger partial charge >= 0.3 is 0 Å². The predicted octanol–water partition coefficient (Wildman–Crippen LogP) is 4.22. The van der Waals surface area contributed by atoms with Crippen molar-refractivity contribution in [1.82, 2.24) is 5.32 Å². The normalized spacial score (nSPS) is 23.5. The summed E-state index contributed by atoms with van der Waals surface area (Å²) in [4.78, 5) is 0. The van der Waals surface area contributed by atoms with E-state index in [1.807, 2.05) is 0 Å². The maximum atomic E-state index is 13.1. The van der Waals surface area contributed by atoms with Gasteiger partial charge in [-0.25, -0.2) is 4.39 Å². The molecule has 2 atom stereocenters. The molecule has 1 fully saturated rings. The zero-order valence-corrected chi connectivity index (χ0v) is 11.8. The minimum atomic E-state index is -0.240. The van der Waals surface area contributed by atoms with Crippen LogP contribution in [0.1, 0.15) is 24.8 Å². The molecule has 0 amide bonds. The van der Waals surface area contributed by atoms with Crippen molar-refractivity contribution < 1.29 is 4.39 Å². The summed E-state index contributed by atoms with van der Waals surface area (Å²) in [5.74, 6) is 1.78. The fraction of sp³-hybridized carbons (Fsp3) is 0.571. The van der Waals surface area contributed by atoms with Gasteiger partial charge in [-0.2, -0.15) is 0 Å². The predicted molar refractivity (Wildman–Crippen MR) is 74.7 cm³/mol. The summed E-state index contributed by atoms with van der Waals surface area (Å²) in [6.07, 6.45) is 3.74. The Bertz CT molecular complexity index is 397. The Labute approximate surface area is 118 Å². The molecule has 2 unspecified atom stereocenters. The number of rotatable bonds is 5. The van der Waals surface area contributed by atoms with E-state index >= 15 is 0 Å². The molecule has 1 aromatic carbocycles. The average Bonchev–Trinajstić information content (AvgIpc) is 2.81. The molecule has 0 bridgehead atoms. The fourth-order valence-corrected chi connectivity index (χ4v) is 3.25. The van der Waals surface area contributed by atoms with E-state index in [9.17, 15) is 4.39 Å². The summed E-state index contributed by atoms with van der Waals surface area (Å²) in [6, 6.07) is 4.47. The largest absolute Gasteiger partial charge is 0.312 e. The SMILES string of the molecule is Fc1ccc(Cl)c(CNCC2CCCC2CCl)c1. The third kappa shape index (κ3) is 3.59. The molecule has 1 aliphatic carbocycles. The number of nitrogens with one attached hydrogen (secondary N) is 1. The van der Waals surface area contributed by atoms with Crippen LogP contribution in [0.15, 0.2) is 18.2 Å². The molecular formula is C14H18Cl2FN. The maximum absolute atomic E-state index is 13.1. The number of alkyl halides is 1. The molecule has 100 valence electrons. The number of hydrogen-bond acceptors (Lipinski definition) is 1. The number of halogens is 3. The Hall–Kier alpha value is -0.310. The molecule has 18 heavy (non-hydrogen) atoms. The maximum Gasteiger partial charge on any atom is 0.123 e. The van der Waals surface area contributed by atoms with Crippen LogP contribution in [0.4, 0.5) is 4.39 Å². The van der Waals surface area contributed by atoms with Crippen LogP contribution in [-0.4, -0.2) is 12.4 Å². The Kier molecular flexibility index (Phi) is 5.28. The van der Waals surface area contributed by atoms with Crippen LogP contribution in [-0.2, 0) is 6.54 Å². The van der Waals surface area contributed by atoms with Gasteiger partial charge in [0, 0.05) is 17.4 Å². The lowest BCUT2D eigenvalue weighted by Crippen LogP contribution is -2.25. The van der Waals surface area contributed by atoms with Gasteiger partial charge in [0.15, 0.2) is 0 Å². The van der Waals surface area contributed by atoms with Gasteiger partial charge in [0.1, 0.15) is 5.82 Å². The average molecular weight is 290 g/mol. The van der Waals surface area contributed by atoms with Crippen molar-refractivity contribution >= 4 is 23.2 Å². The van der Waals surface area contributed by atoms with E-state index in [-0.39, 0.29) is 5.82 Å². The third-order valence-electron chi connectivity index (χ3n) is 3.74. The van der Waals surface area contributed by atoms with E-state index in [2.05, 4.69) is 5.32 Å². The summed E-state index contributed by atoms with van der Waals surface area (Å²) in [7, 11) is 0. The van der Waals surface area contributed by atoms with E-state index in [1.165, 1.54) is 31.4 Å². The summed E-state index contributed by atoms with van der Waals surface area (Å²) in [5.41, 5.74) is 0.817. The van der Waals surface area contributed by atoms with E-state index < -0.39 is 0 Å². The summed E-state index contributed by atoms with van der Waals surface area (Å²) in [5, 5.41) is 3.98. The number of benzene rings is 1. The Balaban J connectivity index is 1.83. The minimum absolute atomic E-state index is 0.240. The molecule has 0 aromatic heterocycles. The first-order chi connectivity index (χ1) is 8.70. The van der Waals surface area contributed by atoms with Crippen LogP contribution in [0.5, 0.6) is 0 Å². The molecule has 1 nitrogen and oxygen atoms in total. The molecule has 4 heteroatoms. The highest BCUT2D eigenvalue weighted by Gasteiger charge is 2.25. The van der Waals surface area contributed by atoms with Crippen molar-refractivity contribution in [2.75, 3.05) is 12.4 Å². The van der Waals surface area contributed by atoms with E-state index in [0.29, 0.717) is 23.4 Å². The second kappa shape index (κ2) is 6.74. The van der Waals surface area contributed by atoms with Crippen molar-refractivity contribution in [1.29, 1.82) is 0 Å². The molecule has 0 heterocycles. The van der Waals surface area contributed by atoms with Gasteiger partial charge in [-0.3, -0.25) is 0 Å². The van der Waals surface area contributed by atoms with Crippen LogP contribution in [0, 0.1) is 17.7 Å². The van der Waals surface area contributed by atoms with Crippen molar-refractivity contribution in [2.24, 2.45) is 11.8 Å². The molecular weight excluding hydrogens is 272 g/mol. The second-order valence-corrected chi connectivity index (χ2v) is 5.69. The fourth-order valence-electron chi connectivity index (χ4n) is 2.66. The van der Waals surface area contributed by atoms with Crippen LogP contribution in [0.2, 0.25) is 5.02 Å². The van der Waals surface area contributed by atoms with Gasteiger partial charge in [0.25, 0.3) is 0 Å². The quantitative estimate of drug-likeness (QED) is 0.800. The monoisotopic (exact) mass is 289 g/mol. The molecule has 2 rings (SSSR count). The van der Waals surface area contributed by atoms with Gasteiger partial charge in [0.05, 0.1) is 0 Å². The molecule has 0 saturated heterocycles. The lowest BCUT2D eigenvalue weighted by molar-refractivity contribution is 0.395. The highest BCUT2D eigenvalue weighted by atomic mass is 35.5. The Morgan fingerprint density at radius 1 is 1.28 bits per heavy atom. The standard InChI is InChI=1S/C14H18Cl2FN/c15-7-10-2-1-3-11(10)8-18-9-12-6-13(17)4-5-14(12)16/h4-6,10-11,18H,1-3,7-9H2. The zero-order chi connectivity index (χ0) is 13.0. The van der Waals surface area contributed by atoms with Crippen LogP contribution in [0.3, 0.4) is 0 Å². The highest BCUT2D eigenvalue weighted by Crippen LogP contribution is 2.32. The molecule has 1 aliphatic rings. The van der Waals surface area contributed by atoms with Crippen molar-refractivity contribution in [3.05, 3.63) is 34.6 Å². The lowest BCUT2D eigenvalue weighted by Gasteiger charge is -2.18. The van der Waals surface area contributed by atoms with Crippen LogP contribution in [0.25, 0.3) is 0 Å². The van der Waals surface area contributed by atoms with E-state index in [4.69, 9.17) is 23.2 Å². The number of hydrogen-bond donors (Lipinski definition) is 1. The van der Waals surface area contributed by atoms with Gasteiger partial charge in [0.2, 0.25) is 0 Å². The summed E-state index contributed by atoms with van der Waals surface area (Å²) in [6.45, 7) is 1.55. The zero-order valence-electron chi connectivity index (χ0n) is 10.3. The Morgan fingerprint density at radius 3 is 2.83 bits per heavy atom. The van der Waals surface area contributed by atoms with Crippen LogP contribution >= 0.6 is 23.2 Å². The first-order valence-corrected chi connectivity index (χ1v) is 7.32. The summed E-state index contributed by atoms with van der Waals surface area (Å²) < 4.78 is 13.1. The van der Waals surface area contributed by atoms with Crippen LogP contribution < -0.4 is 5.32 Å². The van der Waals surface area contributed by atoms with Gasteiger partial charge in [-0.05, 0) is 55.0 Å². The summed E-state index contributed by atoms with van der Waals surface area (Å²) >= 11 is 12.0. The molecule has 1 saturated carbocycles. The first kappa shape index (κ1) is 14.1. The molecule has 0 aliphatic heterocycles. The minimum Gasteiger partial charge on any atom is -0.312 e. The molecule has 1 N–H and O–H groups in total. The van der Waals surface area contributed by atoms with E-state index in [0.717, 1.165) is 18.0 Å². The van der Waals surface area contributed by atoms with Crippen molar-refractivity contribution in [2.45, 2.75) is 25.8 Å². The van der Waals surface area contributed by atoms with Gasteiger partial charge < -0.3 is 5.32 Å². The highest BCUT2D eigenvalue weighted by molar-refractivity contribution is 6.31. The molecule has 0 spiro atoms. The first-order valence-electron chi connectivity index (χ1n) is 6.41. The molecule has 0 radical (unpaired) electrons. The van der Waals surface area contributed by atoms with Crippen molar-refractivity contribution in [3.8, 4) is 0 Å². The van der Waals surface area contributed by atoms with Crippen molar-refractivity contribution in [3.63, 3.8) is 0 Å². The smallest absolute Gasteiger partial charge is 0.123 e. The third-order valence-corrected chi connectivity index (χ3v) is 4.51. The van der Waals surface area contributed by atoms with E-state index in [1.54, 1.807) is 6.07 Å². The topological polar surface area (TPSA) is 12.0 Å². The lowest BCUT2D eigenvalue weighted by atomic mass is 9.98.